The van der Waals surface area contributed by atoms with Gasteiger partial charge in [-0.1, -0.05) is 0 Å². The lowest BCUT2D eigenvalue weighted by Crippen LogP contribution is -2.10. The fourth-order valence-electron chi connectivity index (χ4n) is 1.76. The van der Waals surface area contributed by atoms with Crippen LogP contribution in [0.4, 0.5) is 5.95 Å². The molecule has 0 bridgehead atoms. The minimum absolute atomic E-state index is 0.238. The molecule has 0 aliphatic heterocycles. The number of hydrazone groups is 1. The number of methoxy groups -OCH3 is 2. The van der Waals surface area contributed by atoms with E-state index in [9.17, 15) is 4.79 Å². The van der Waals surface area contributed by atoms with Crippen LogP contribution >= 0.6 is 15.9 Å². The smallest absolute Gasteiger partial charge is 0.252 e. The molecule has 0 unspecified atom stereocenters. The third-order valence-electron chi connectivity index (χ3n) is 2.75. The summed E-state index contributed by atoms with van der Waals surface area (Å²) in [5, 5.41) is 4.05. The Balaban J connectivity index is 2.21. The molecule has 0 aliphatic rings. The van der Waals surface area contributed by atoms with E-state index in [0.29, 0.717) is 17.2 Å². The fraction of sp³-hybridized carbons (Fsp3) is 0.214. The minimum atomic E-state index is -0.238. The predicted octanol–water partition coefficient (Wildman–Crippen LogP) is 2.30. The van der Waals surface area contributed by atoms with E-state index < -0.39 is 0 Å². The van der Waals surface area contributed by atoms with Crippen LogP contribution in [0.5, 0.6) is 11.5 Å². The molecule has 1 aromatic carbocycles. The van der Waals surface area contributed by atoms with Crippen LogP contribution in [0.1, 0.15) is 11.3 Å². The number of nitrogens with one attached hydrogen (secondary N) is 2. The van der Waals surface area contributed by atoms with E-state index in [4.69, 9.17) is 9.47 Å². The summed E-state index contributed by atoms with van der Waals surface area (Å²) in [6.45, 7) is 1.73. The van der Waals surface area contributed by atoms with E-state index >= 15 is 0 Å². The Morgan fingerprint density at radius 1 is 1.27 bits per heavy atom. The van der Waals surface area contributed by atoms with Gasteiger partial charge in [0.25, 0.3) is 5.56 Å². The quantitative estimate of drug-likeness (QED) is 0.625. The highest BCUT2D eigenvalue weighted by molar-refractivity contribution is 9.10. The Labute approximate surface area is 135 Å². The third-order valence-corrected chi connectivity index (χ3v) is 3.43. The molecule has 2 aromatic rings. The maximum Gasteiger partial charge on any atom is 0.252 e. The van der Waals surface area contributed by atoms with E-state index in [2.05, 4.69) is 36.4 Å². The van der Waals surface area contributed by atoms with Gasteiger partial charge < -0.3 is 9.47 Å². The number of benzene rings is 1. The molecule has 0 aliphatic carbocycles. The molecular formula is C14H15BrN4O3. The number of H-pyrrole nitrogens is 1. The van der Waals surface area contributed by atoms with Crippen molar-refractivity contribution in [3.05, 3.63) is 44.3 Å². The van der Waals surface area contributed by atoms with Crippen LogP contribution in [-0.2, 0) is 0 Å². The SMILES string of the molecule is COc1cc(Br)c(/C=N\Nc2nc(C)cc(=O)[nH]2)cc1OC. The third kappa shape index (κ3) is 3.85. The van der Waals surface area contributed by atoms with E-state index in [-0.39, 0.29) is 11.5 Å². The minimum Gasteiger partial charge on any atom is -0.493 e. The molecule has 0 radical (unpaired) electrons. The number of rotatable bonds is 5. The lowest BCUT2D eigenvalue weighted by Gasteiger charge is -2.09. The zero-order valence-corrected chi connectivity index (χ0v) is 13.9. The number of aromatic amines is 1. The number of ether oxygens (including phenoxy) is 2. The summed E-state index contributed by atoms with van der Waals surface area (Å²) in [5.41, 5.74) is 3.82. The second kappa shape index (κ2) is 7.08. The Hall–Kier alpha value is -2.35. The molecule has 1 heterocycles. The van der Waals surface area contributed by atoms with E-state index in [0.717, 1.165) is 10.0 Å². The van der Waals surface area contributed by atoms with Gasteiger partial charge in [0.1, 0.15) is 0 Å². The molecule has 116 valence electrons. The first-order valence-electron chi connectivity index (χ1n) is 6.32. The molecule has 0 amide bonds. The molecule has 0 saturated carbocycles. The first-order chi connectivity index (χ1) is 10.5. The maximum absolute atomic E-state index is 11.3. The van der Waals surface area contributed by atoms with Gasteiger partial charge in [0.2, 0.25) is 5.95 Å². The molecular weight excluding hydrogens is 352 g/mol. The van der Waals surface area contributed by atoms with Crippen molar-refractivity contribution in [2.24, 2.45) is 5.10 Å². The van der Waals surface area contributed by atoms with Gasteiger partial charge in [-0.05, 0) is 35.0 Å². The zero-order chi connectivity index (χ0) is 16.1. The van der Waals surface area contributed by atoms with Crippen LogP contribution in [0.25, 0.3) is 0 Å². The Kier molecular flexibility index (Phi) is 5.16. The van der Waals surface area contributed by atoms with Gasteiger partial charge >= 0.3 is 0 Å². The van der Waals surface area contributed by atoms with Crippen molar-refractivity contribution in [2.45, 2.75) is 6.92 Å². The number of halogens is 1. The van der Waals surface area contributed by atoms with Crippen molar-refractivity contribution in [1.29, 1.82) is 0 Å². The molecule has 22 heavy (non-hydrogen) atoms. The summed E-state index contributed by atoms with van der Waals surface area (Å²) >= 11 is 3.43. The molecule has 0 saturated heterocycles. The fourth-order valence-corrected chi connectivity index (χ4v) is 2.19. The van der Waals surface area contributed by atoms with Crippen LogP contribution in [0.3, 0.4) is 0 Å². The maximum atomic E-state index is 11.3. The highest BCUT2D eigenvalue weighted by atomic mass is 79.9. The predicted molar refractivity (Wildman–Crippen MR) is 88.1 cm³/mol. The number of hydrogen-bond donors (Lipinski definition) is 2. The van der Waals surface area contributed by atoms with Gasteiger partial charge in [-0.15, -0.1) is 0 Å². The van der Waals surface area contributed by atoms with E-state index in [1.165, 1.54) is 6.07 Å². The molecule has 0 fully saturated rings. The molecule has 0 atom stereocenters. The number of nitrogens with zero attached hydrogens (tertiary/aromatic N) is 2. The average molecular weight is 367 g/mol. The first kappa shape index (κ1) is 16.0. The van der Waals surface area contributed by atoms with Gasteiger partial charge in [0.15, 0.2) is 11.5 Å². The van der Waals surface area contributed by atoms with Crippen molar-refractivity contribution in [3.8, 4) is 11.5 Å². The lowest BCUT2D eigenvalue weighted by atomic mass is 10.2. The summed E-state index contributed by atoms with van der Waals surface area (Å²) in [7, 11) is 3.13. The van der Waals surface area contributed by atoms with Crippen LogP contribution in [-0.4, -0.2) is 30.4 Å². The highest BCUT2D eigenvalue weighted by Gasteiger charge is 2.08. The topological polar surface area (TPSA) is 88.6 Å². The molecule has 0 spiro atoms. The van der Waals surface area contributed by atoms with Gasteiger partial charge in [0, 0.05) is 21.8 Å². The Morgan fingerprint density at radius 2 is 1.95 bits per heavy atom. The Morgan fingerprint density at radius 3 is 2.59 bits per heavy atom. The summed E-state index contributed by atoms with van der Waals surface area (Å²) in [6.07, 6.45) is 1.58. The summed E-state index contributed by atoms with van der Waals surface area (Å²) in [6, 6.07) is 4.97. The van der Waals surface area contributed by atoms with Crippen molar-refractivity contribution < 1.29 is 9.47 Å². The molecule has 8 heteroatoms. The number of aromatic nitrogens is 2. The van der Waals surface area contributed by atoms with Crippen LogP contribution in [0.2, 0.25) is 0 Å². The number of aryl methyl sites for hydroxylation is 1. The largest absolute Gasteiger partial charge is 0.493 e. The standard InChI is InChI=1S/C14H15BrN4O3/c1-8-4-13(20)18-14(17-8)19-16-7-9-5-11(21-2)12(22-3)6-10(9)15/h4-7H,1-3H3,(H2,17,18,19,20)/b16-7-. The summed E-state index contributed by atoms with van der Waals surface area (Å²) in [5.74, 6) is 1.48. The van der Waals surface area contributed by atoms with Crippen molar-refractivity contribution in [1.82, 2.24) is 9.97 Å². The van der Waals surface area contributed by atoms with Crippen LogP contribution < -0.4 is 20.5 Å². The highest BCUT2D eigenvalue weighted by Crippen LogP contribution is 2.32. The molecule has 7 nitrogen and oxygen atoms in total. The molecule has 1 aromatic heterocycles. The second-order valence-corrected chi connectivity index (χ2v) is 5.19. The van der Waals surface area contributed by atoms with Crippen LogP contribution in [0, 0.1) is 6.92 Å². The number of hydrogen-bond acceptors (Lipinski definition) is 6. The van der Waals surface area contributed by atoms with Gasteiger partial charge in [-0.3, -0.25) is 9.78 Å². The zero-order valence-electron chi connectivity index (χ0n) is 12.3. The lowest BCUT2D eigenvalue weighted by molar-refractivity contribution is 0.354. The Bertz CT molecular complexity index is 758. The van der Waals surface area contributed by atoms with Gasteiger partial charge in [0.05, 0.1) is 20.4 Å². The van der Waals surface area contributed by atoms with E-state index in [1.54, 1.807) is 39.5 Å². The first-order valence-corrected chi connectivity index (χ1v) is 7.11. The van der Waals surface area contributed by atoms with Gasteiger partial charge in [-0.25, -0.2) is 10.4 Å². The summed E-state index contributed by atoms with van der Waals surface area (Å²) in [4.78, 5) is 18.0. The van der Waals surface area contributed by atoms with E-state index in [1.807, 2.05) is 0 Å². The van der Waals surface area contributed by atoms with Gasteiger partial charge in [-0.2, -0.15) is 5.10 Å². The number of anilines is 1. The molecule has 2 rings (SSSR count). The monoisotopic (exact) mass is 366 g/mol. The van der Waals surface area contributed by atoms with Crippen LogP contribution in [0.15, 0.2) is 32.6 Å². The van der Waals surface area contributed by atoms with Crippen molar-refractivity contribution in [2.75, 3.05) is 19.6 Å². The average Bonchev–Trinajstić information content (AvgIpc) is 2.47. The normalized spacial score (nSPS) is 10.7. The van der Waals surface area contributed by atoms with Crippen molar-refractivity contribution in [3.63, 3.8) is 0 Å². The summed E-state index contributed by atoms with van der Waals surface area (Å²) < 4.78 is 11.2. The molecule has 2 N–H and O–H groups in total. The van der Waals surface area contributed by atoms with Crippen molar-refractivity contribution >= 4 is 28.1 Å². The second-order valence-electron chi connectivity index (χ2n) is 4.33.